The molecule has 2 rings (SSSR count). The molecule has 0 unspecified atom stereocenters. The van der Waals surface area contributed by atoms with E-state index in [1.807, 2.05) is 0 Å². The largest absolute Gasteiger partial charge is 0.311 e. The lowest BCUT2D eigenvalue weighted by atomic mass is 10.2. The maximum Gasteiger partial charge on any atom is 0.274 e. The van der Waals surface area contributed by atoms with Crippen LogP contribution in [0.2, 0.25) is 0 Å². The second kappa shape index (κ2) is 6.77. The van der Waals surface area contributed by atoms with Gasteiger partial charge in [0.25, 0.3) is 5.69 Å². The quantitative estimate of drug-likeness (QED) is 0.490. The molecule has 7 nitrogen and oxygen atoms in total. The van der Waals surface area contributed by atoms with Gasteiger partial charge >= 0.3 is 0 Å². The molecule has 0 bridgehead atoms. The number of halogens is 1. The third-order valence-corrected chi connectivity index (χ3v) is 3.62. The molecule has 112 valence electrons. The second-order valence-corrected chi connectivity index (χ2v) is 5.53. The van der Waals surface area contributed by atoms with Gasteiger partial charge in [0.2, 0.25) is 0 Å². The number of benzene rings is 1. The summed E-state index contributed by atoms with van der Waals surface area (Å²) in [7, 11) is 0. The van der Waals surface area contributed by atoms with Crippen LogP contribution in [0.5, 0.6) is 0 Å². The molecule has 8 heteroatoms. The van der Waals surface area contributed by atoms with Crippen LogP contribution in [0.4, 0.5) is 5.69 Å². The molecule has 0 saturated heterocycles. The molecule has 0 amide bonds. The highest BCUT2D eigenvalue weighted by Crippen LogP contribution is 2.29. The highest BCUT2D eigenvalue weighted by Gasteiger charge is 2.16. The Balaban J connectivity index is 2.29. The van der Waals surface area contributed by atoms with Gasteiger partial charge < -0.3 is 5.32 Å². The highest BCUT2D eigenvalue weighted by atomic mass is 79.9. The Kier molecular flexibility index (Phi) is 5.03. The first-order chi connectivity index (χ1) is 10.0. The fourth-order valence-electron chi connectivity index (χ4n) is 1.91. The van der Waals surface area contributed by atoms with Gasteiger partial charge in [-0.1, -0.05) is 12.1 Å². The molecule has 1 aromatic heterocycles. The molecule has 0 atom stereocenters. The summed E-state index contributed by atoms with van der Waals surface area (Å²) in [6.07, 6.45) is 2.81. The summed E-state index contributed by atoms with van der Waals surface area (Å²) in [5.41, 5.74) is 2.05. The Bertz CT molecular complexity index is 656. The minimum atomic E-state index is -0.397. The van der Waals surface area contributed by atoms with Crippen molar-refractivity contribution in [3.05, 3.63) is 44.2 Å². The smallest absolute Gasteiger partial charge is 0.274 e. The predicted octanol–water partition coefficient (Wildman–Crippen LogP) is 2.75. The van der Waals surface area contributed by atoms with E-state index in [4.69, 9.17) is 0 Å². The lowest BCUT2D eigenvalue weighted by molar-refractivity contribution is -0.385. The van der Waals surface area contributed by atoms with E-state index in [1.54, 1.807) is 23.9 Å². The molecule has 0 aliphatic heterocycles. The summed E-state index contributed by atoms with van der Waals surface area (Å²) in [6.45, 7) is 5.33. The minimum absolute atomic E-state index is 0.0642. The molecule has 0 aliphatic rings. The van der Waals surface area contributed by atoms with Crippen LogP contribution in [-0.4, -0.2) is 26.5 Å². The van der Waals surface area contributed by atoms with Crippen LogP contribution in [0.1, 0.15) is 24.6 Å². The zero-order chi connectivity index (χ0) is 15.4. The van der Waals surface area contributed by atoms with Gasteiger partial charge in [0.15, 0.2) is 0 Å². The molecule has 2 aromatic rings. The predicted molar refractivity (Wildman–Crippen MR) is 82.4 cm³/mol. The van der Waals surface area contributed by atoms with Crippen molar-refractivity contribution in [1.82, 2.24) is 20.3 Å². The average Bonchev–Trinajstić information content (AvgIpc) is 2.87. The van der Waals surface area contributed by atoms with Crippen molar-refractivity contribution >= 4 is 21.6 Å². The Morgan fingerprint density at radius 1 is 1.48 bits per heavy atom. The molecule has 0 fully saturated rings. The van der Waals surface area contributed by atoms with Crippen molar-refractivity contribution in [2.75, 3.05) is 6.54 Å². The van der Waals surface area contributed by atoms with Crippen LogP contribution in [0, 0.1) is 17.0 Å². The molecule has 1 aromatic carbocycles. The van der Waals surface area contributed by atoms with Crippen molar-refractivity contribution < 1.29 is 4.92 Å². The fraction of sp³-hybridized carbons (Fsp3) is 0.385. The van der Waals surface area contributed by atoms with Crippen LogP contribution in [0.25, 0.3) is 5.69 Å². The summed E-state index contributed by atoms with van der Waals surface area (Å²) < 4.78 is 2.28. The monoisotopic (exact) mass is 353 g/mol. The van der Waals surface area contributed by atoms with Crippen LogP contribution >= 0.6 is 15.9 Å². The van der Waals surface area contributed by atoms with Gasteiger partial charge in [-0.05, 0) is 41.9 Å². The topological polar surface area (TPSA) is 85.9 Å². The SMILES string of the molecule is CCCNCc1cn(-c2cc([N+](=O)[O-])c(C)cc2Br)nn1. The third-order valence-electron chi connectivity index (χ3n) is 2.98. The van der Waals surface area contributed by atoms with Gasteiger partial charge in [-0.2, -0.15) is 0 Å². The Morgan fingerprint density at radius 2 is 2.24 bits per heavy atom. The van der Waals surface area contributed by atoms with Gasteiger partial charge in [0.1, 0.15) is 0 Å². The number of hydrogen-bond acceptors (Lipinski definition) is 5. The molecule has 1 heterocycles. The lowest BCUT2D eigenvalue weighted by Gasteiger charge is -2.05. The second-order valence-electron chi connectivity index (χ2n) is 4.68. The normalized spacial score (nSPS) is 10.8. The van der Waals surface area contributed by atoms with E-state index in [9.17, 15) is 10.1 Å². The molecule has 0 saturated carbocycles. The Hall–Kier alpha value is -1.80. The first-order valence-corrected chi connectivity index (χ1v) is 7.39. The maximum absolute atomic E-state index is 11.0. The Labute approximate surface area is 130 Å². The van der Waals surface area contributed by atoms with Crippen molar-refractivity contribution in [2.45, 2.75) is 26.8 Å². The van der Waals surface area contributed by atoms with E-state index in [0.29, 0.717) is 17.8 Å². The first-order valence-electron chi connectivity index (χ1n) is 6.59. The molecular weight excluding hydrogens is 338 g/mol. The Morgan fingerprint density at radius 3 is 2.90 bits per heavy atom. The fourth-order valence-corrected chi connectivity index (χ4v) is 2.55. The number of aromatic nitrogens is 3. The summed E-state index contributed by atoms with van der Waals surface area (Å²) in [5, 5.41) is 22.4. The van der Waals surface area contributed by atoms with E-state index in [1.165, 1.54) is 6.07 Å². The van der Waals surface area contributed by atoms with E-state index < -0.39 is 4.92 Å². The minimum Gasteiger partial charge on any atom is -0.311 e. The maximum atomic E-state index is 11.0. The lowest BCUT2D eigenvalue weighted by Crippen LogP contribution is -2.13. The third kappa shape index (κ3) is 3.64. The number of nitrogens with one attached hydrogen (secondary N) is 1. The molecule has 0 radical (unpaired) electrons. The standard InChI is InChI=1S/C13H16BrN5O2/c1-3-4-15-7-10-8-18(17-16-10)13-6-12(19(20)21)9(2)5-11(13)14/h5-6,8,15H,3-4,7H2,1-2H3. The number of nitro groups is 1. The number of rotatable bonds is 6. The molecule has 0 aliphatic carbocycles. The molecule has 21 heavy (non-hydrogen) atoms. The number of aryl methyl sites for hydroxylation is 1. The molecular formula is C13H16BrN5O2. The molecule has 0 spiro atoms. The van der Waals surface area contributed by atoms with Crippen molar-refractivity contribution in [2.24, 2.45) is 0 Å². The van der Waals surface area contributed by atoms with Crippen molar-refractivity contribution in [3.63, 3.8) is 0 Å². The van der Waals surface area contributed by atoms with Gasteiger partial charge in [0.05, 0.1) is 22.5 Å². The van der Waals surface area contributed by atoms with E-state index in [-0.39, 0.29) is 5.69 Å². The van der Waals surface area contributed by atoms with Crippen LogP contribution in [0.15, 0.2) is 22.8 Å². The summed E-state index contributed by atoms with van der Waals surface area (Å²) in [5.74, 6) is 0. The van der Waals surface area contributed by atoms with Crippen molar-refractivity contribution in [1.29, 1.82) is 0 Å². The summed E-state index contributed by atoms with van der Waals surface area (Å²) >= 11 is 3.41. The van der Waals surface area contributed by atoms with Gasteiger partial charge in [-0.25, -0.2) is 4.68 Å². The van der Waals surface area contributed by atoms with Crippen LogP contribution < -0.4 is 5.32 Å². The summed E-state index contributed by atoms with van der Waals surface area (Å²) in [6, 6.07) is 3.21. The van der Waals surface area contributed by atoms with Crippen molar-refractivity contribution in [3.8, 4) is 5.69 Å². The zero-order valence-electron chi connectivity index (χ0n) is 11.8. The number of hydrogen-bond donors (Lipinski definition) is 1. The van der Waals surface area contributed by atoms with Crippen LogP contribution in [0.3, 0.4) is 0 Å². The van der Waals surface area contributed by atoms with E-state index in [0.717, 1.165) is 23.1 Å². The first kappa shape index (κ1) is 15.6. The highest BCUT2D eigenvalue weighted by molar-refractivity contribution is 9.10. The van der Waals surface area contributed by atoms with Gasteiger partial charge in [-0.15, -0.1) is 5.10 Å². The van der Waals surface area contributed by atoms with E-state index in [2.05, 4.69) is 38.5 Å². The molecule has 1 N–H and O–H groups in total. The number of nitro benzene ring substituents is 1. The average molecular weight is 354 g/mol. The summed E-state index contributed by atoms with van der Waals surface area (Å²) in [4.78, 5) is 10.6. The van der Waals surface area contributed by atoms with Gasteiger partial charge in [0, 0.05) is 22.6 Å². The zero-order valence-corrected chi connectivity index (χ0v) is 13.4. The van der Waals surface area contributed by atoms with Crippen LogP contribution in [-0.2, 0) is 6.54 Å². The van der Waals surface area contributed by atoms with E-state index >= 15 is 0 Å². The number of nitrogens with zero attached hydrogens (tertiary/aromatic N) is 4. The van der Waals surface area contributed by atoms with Gasteiger partial charge in [-0.3, -0.25) is 10.1 Å².